The summed E-state index contributed by atoms with van der Waals surface area (Å²) in [5.74, 6) is 0. The van der Waals surface area contributed by atoms with Crippen LogP contribution in [-0.2, 0) is 4.57 Å². The molecule has 148 valence electrons. The first-order valence-electron chi connectivity index (χ1n) is 10.4. The molecule has 0 radical (unpaired) electrons. The second kappa shape index (κ2) is 6.77. The molecule has 0 saturated heterocycles. The van der Waals surface area contributed by atoms with Crippen LogP contribution in [0.4, 0.5) is 0 Å². The highest BCUT2D eigenvalue weighted by molar-refractivity contribution is 7.79. The number of nitrogens with zero attached hydrogens (tertiary/aromatic N) is 1. The number of benzene rings is 4. The quantitative estimate of drug-likeness (QED) is 0.307. The lowest BCUT2D eigenvalue weighted by molar-refractivity contribution is 0.591. The average Bonchev–Trinajstić information content (AvgIpc) is 3.05. The Hall–Kier alpha value is -3.48. The molecule has 0 fully saturated rings. The minimum Gasteiger partial charge on any atom is -0.314 e. The molecule has 1 aromatic heterocycles. The maximum atomic E-state index is 13.6. The molecule has 1 aliphatic heterocycles. The van der Waals surface area contributed by atoms with Gasteiger partial charge in [0.05, 0.1) is 0 Å². The van der Waals surface area contributed by atoms with E-state index in [1.807, 2.05) is 37.1 Å². The number of hydrogen-bond acceptors (Lipinski definition) is 2. The lowest BCUT2D eigenvalue weighted by atomic mass is 9.89. The molecular formula is C28H20NOP. The second-order valence-corrected chi connectivity index (χ2v) is 10.9. The van der Waals surface area contributed by atoms with Crippen molar-refractivity contribution in [1.82, 2.24) is 4.98 Å². The summed E-state index contributed by atoms with van der Waals surface area (Å²) in [5.41, 5.74) is 6.73. The van der Waals surface area contributed by atoms with Crippen molar-refractivity contribution in [3.8, 4) is 33.4 Å². The largest absolute Gasteiger partial charge is 0.314 e. The minimum absolute atomic E-state index is 0.959. The third kappa shape index (κ3) is 2.72. The molecule has 1 unspecified atom stereocenters. The van der Waals surface area contributed by atoms with Gasteiger partial charge in [0.1, 0.15) is 7.14 Å². The van der Waals surface area contributed by atoms with E-state index in [-0.39, 0.29) is 0 Å². The molecule has 3 heteroatoms. The normalized spacial score (nSPS) is 16.8. The molecule has 1 atom stereocenters. The first-order chi connectivity index (χ1) is 15.1. The number of fused-ring (bicyclic) bond motifs is 4. The van der Waals surface area contributed by atoms with Crippen molar-refractivity contribution in [2.45, 2.75) is 0 Å². The summed E-state index contributed by atoms with van der Waals surface area (Å²) in [4.78, 5) is 4.37. The van der Waals surface area contributed by atoms with E-state index >= 15 is 0 Å². The molecule has 5 aromatic rings. The maximum absolute atomic E-state index is 13.6. The van der Waals surface area contributed by atoms with Gasteiger partial charge in [0.2, 0.25) is 0 Å². The minimum atomic E-state index is -2.55. The third-order valence-corrected chi connectivity index (χ3v) is 8.92. The molecular weight excluding hydrogens is 397 g/mol. The van der Waals surface area contributed by atoms with Crippen LogP contribution < -0.4 is 10.6 Å². The first-order valence-corrected chi connectivity index (χ1v) is 12.5. The SMILES string of the molecule is CP1(=O)c2ccccc2-c2cc(-c3ccc4ccccc4c3-c3cccnc3)ccc21. The Morgan fingerprint density at radius 3 is 2.35 bits per heavy atom. The van der Waals surface area contributed by atoms with Crippen LogP contribution in [0.25, 0.3) is 44.2 Å². The van der Waals surface area contributed by atoms with Gasteiger partial charge in [-0.25, -0.2) is 0 Å². The molecule has 31 heavy (non-hydrogen) atoms. The molecule has 0 spiro atoms. The number of rotatable bonds is 2. The van der Waals surface area contributed by atoms with E-state index in [1.54, 1.807) is 6.20 Å². The lowest BCUT2D eigenvalue weighted by Crippen LogP contribution is -2.07. The Kier molecular flexibility index (Phi) is 4.00. The summed E-state index contributed by atoms with van der Waals surface area (Å²) in [6, 6.07) is 31.4. The monoisotopic (exact) mass is 417 g/mol. The van der Waals surface area contributed by atoms with Crippen LogP contribution in [0.3, 0.4) is 0 Å². The van der Waals surface area contributed by atoms with Crippen LogP contribution in [0.2, 0.25) is 0 Å². The van der Waals surface area contributed by atoms with E-state index in [9.17, 15) is 4.57 Å². The number of pyridine rings is 1. The zero-order valence-corrected chi connectivity index (χ0v) is 18.0. The van der Waals surface area contributed by atoms with Crippen LogP contribution in [0.15, 0.2) is 103 Å². The fraction of sp³-hybridized carbons (Fsp3) is 0.0357. The van der Waals surface area contributed by atoms with Crippen LogP contribution in [0.5, 0.6) is 0 Å². The third-order valence-electron chi connectivity index (χ3n) is 6.30. The van der Waals surface area contributed by atoms with Gasteiger partial charge in [0, 0.05) is 28.6 Å². The fourth-order valence-electron chi connectivity index (χ4n) is 4.83. The van der Waals surface area contributed by atoms with E-state index in [1.165, 1.54) is 16.3 Å². The molecule has 4 aromatic carbocycles. The predicted octanol–water partition coefficient (Wildman–Crippen LogP) is 6.49. The first kappa shape index (κ1) is 18.3. The molecule has 0 bridgehead atoms. The number of aromatic nitrogens is 1. The highest BCUT2D eigenvalue weighted by atomic mass is 31.2. The van der Waals surface area contributed by atoms with Crippen molar-refractivity contribution in [1.29, 1.82) is 0 Å². The van der Waals surface area contributed by atoms with Gasteiger partial charge in [-0.15, -0.1) is 0 Å². The topological polar surface area (TPSA) is 30.0 Å². The van der Waals surface area contributed by atoms with Crippen LogP contribution >= 0.6 is 7.14 Å². The Balaban J connectivity index is 1.65. The summed E-state index contributed by atoms with van der Waals surface area (Å²) in [6.07, 6.45) is 3.73. The van der Waals surface area contributed by atoms with E-state index in [0.29, 0.717) is 0 Å². The molecule has 0 aliphatic carbocycles. The Labute approximate surface area is 181 Å². The second-order valence-electron chi connectivity index (χ2n) is 8.12. The zero-order chi connectivity index (χ0) is 21.0. The summed E-state index contributed by atoms with van der Waals surface area (Å²) in [5, 5.41) is 4.33. The molecule has 2 nitrogen and oxygen atoms in total. The predicted molar refractivity (Wildman–Crippen MR) is 131 cm³/mol. The van der Waals surface area contributed by atoms with Gasteiger partial charge in [-0.1, -0.05) is 72.8 Å². The average molecular weight is 417 g/mol. The smallest absolute Gasteiger partial charge is 0.141 e. The van der Waals surface area contributed by atoms with Gasteiger partial charge < -0.3 is 4.57 Å². The molecule has 0 saturated carbocycles. The van der Waals surface area contributed by atoms with E-state index in [2.05, 4.69) is 71.7 Å². The highest BCUT2D eigenvalue weighted by Crippen LogP contribution is 2.51. The van der Waals surface area contributed by atoms with Crippen molar-refractivity contribution in [2.24, 2.45) is 0 Å². The molecule has 0 N–H and O–H groups in total. The van der Waals surface area contributed by atoms with Gasteiger partial charge in [0.25, 0.3) is 0 Å². The van der Waals surface area contributed by atoms with Crippen LogP contribution in [0, 0.1) is 0 Å². The molecule has 2 heterocycles. The summed E-state index contributed by atoms with van der Waals surface area (Å²) in [6.45, 7) is 1.88. The van der Waals surface area contributed by atoms with Crippen molar-refractivity contribution in [3.05, 3.63) is 103 Å². The summed E-state index contributed by atoms with van der Waals surface area (Å²) < 4.78 is 13.6. The Morgan fingerprint density at radius 1 is 0.677 bits per heavy atom. The van der Waals surface area contributed by atoms with E-state index in [4.69, 9.17) is 0 Å². The molecule has 6 rings (SSSR count). The summed E-state index contributed by atoms with van der Waals surface area (Å²) >= 11 is 0. The van der Waals surface area contributed by atoms with E-state index < -0.39 is 7.14 Å². The Morgan fingerprint density at radius 2 is 1.48 bits per heavy atom. The Bertz CT molecular complexity index is 1520. The van der Waals surface area contributed by atoms with E-state index in [0.717, 1.165) is 38.4 Å². The van der Waals surface area contributed by atoms with Gasteiger partial charge in [0.15, 0.2) is 0 Å². The van der Waals surface area contributed by atoms with Gasteiger partial charge >= 0.3 is 0 Å². The molecule has 0 amide bonds. The van der Waals surface area contributed by atoms with Crippen molar-refractivity contribution in [3.63, 3.8) is 0 Å². The summed E-state index contributed by atoms with van der Waals surface area (Å²) in [7, 11) is -2.55. The zero-order valence-electron chi connectivity index (χ0n) is 17.1. The van der Waals surface area contributed by atoms with Crippen molar-refractivity contribution < 1.29 is 4.57 Å². The number of hydrogen-bond donors (Lipinski definition) is 0. The lowest BCUT2D eigenvalue weighted by Gasteiger charge is -2.15. The molecule has 1 aliphatic rings. The standard InChI is InChI=1S/C28H20NOP/c1-31(30)26-11-5-4-10-24(26)25-17-20(13-15-27(25)31)23-14-12-19-7-2-3-9-22(19)28(23)21-8-6-16-29-18-21/h2-18H,1H3. The van der Waals surface area contributed by atoms with Gasteiger partial charge in [-0.05, 0) is 63.5 Å². The fourth-order valence-corrected chi connectivity index (χ4v) is 7.12. The maximum Gasteiger partial charge on any atom is 0.141 e. The van der Waals surface area contributed by atoms with Crippen LogP contribution in [-0.4, -0.2) is 11.6 Å². The van der Waals surface area contributed by atoms with Gasteiger partial charge in [-0.3, -0.25) is 4.98 Å². The highest BCUT2D eigenvalue weighted by Gasteiger charge is 2.34. The van der Waals surface area contributed by atoms with Crippen molar-refractivity contribution in [2.75, 3.05) is 6.66 Å². The van der Waals surface area contributed by atoms with Crippen molar-refractivity contribution >= 4 is 28.5 Å². The van der Waals surface area contributed by atoms with Crippen LogP contribution in [0.1, 0.15) is 0 Å². The van der Waals surface area contributed by atoms with Gasteiger partial charge in [-0.2, -0.15) is 0 Å².